The number of nitrogens with zero attached hydrogens (tertiary/aromatic N) is 2. The van der Waals surface area contributed by atoms with Crippen LogP contribution in [0, 0.1) is 0 Å². The molecule has 2 nitrogen and oxygen atoms in total. The molecule has 74 heavy (non-hydrogen) atoms. The van der Waals surface area contributed by atoms with Gasteiger partial charge in [0.25, 0.3) is 0 Å². The Balaban J connectivity index is 0.902. The molecule has 0 spiro atoms. The third-order valence-electron chi connectivity index (χ3n) is 15.9. The Hall–Kier alpha value is -8.98. The first-order chi connectivity index (χ1) is 36.6. The van der Waals surface area contributed by atoms with Gasteiger partial charge in [-0.3, -0.25) is 0 Å². The summed E-state index contributed by atoms with van der Waals surface area (Å²) in [4.78, 5) is 4.77. The summed E-state index contributed by atoms with van der Waals surface area (Å²) in [5, 5.41) is 0. The highest BCUT2D eigenvalue weighted by molar-refractivity contribution is 5.87. The summed E-state index contributed by atoms with van der Waals surface area (Å²) in [6.07, 6.45) is 1.85. The average molecular weight is 949 g/mol. The summed E-state index contributed by atoms with van der Waals surface area (Å²) in [6.45, 7) is 2.44. The minimum Gasteiger partial charge on any atom is -0.310 e. The first-order valence-corrected chi connectivity index (χ1v) is 26.1. The molecule has 354 valence electrons. The lowest BCUT2D eigenvalue weighted by atomic mass is 9.59. The maximum atomic E-state index is 2.49. The Morgan fingerprint density at radius 1 is 0.351 bits per heavy atom. The van der Waals surface area contributed by atoms with E-state index in [1.807, 2.05) is 0 Å². The van der Waals surface area contributed by atoms with Gasteiger partial charge < -0.3 is 9.80 Å². The highest BCUT2D eigenvalue weighted by atomic mass is 15.1. The molecule has 0 saturated carbocycles. The van der Waals surface area contributed by atoms with Crippen LogP contribution in [-0.2, 0) is 18.3 Å². The van der Waals surface area contributed by atoms with Gasteiger partial charge in [0.15, 0.2) is 0 Å². The van der Waals surface area contributed by atoms with E-state index in [0.717, 1.165) is 47.0 Å². The molecular weight excluding hydrogens is 893 g/mol. The van der Waals surface area contributed by atoms with Crippen LogP contribution >= 0.6 is 0 Å². The maximum absolute atomic E-state index is 2.49. The summed E-state index contributed by atoms with van der Waals surface area (Å²) in [6, 6.07) is 106. The quantitative estimate of drug-likeness (QED) is 0.127. The van der Waals surface area contributed by atoms with Crippen LogP contribution in [0.25, 0.3) is 22.3 Å². The summed E-state index contributed by atoms with van der Waals surface area (Å²) in [5.74, 6) is 0.500. The second-order valence-corrected chi connectivity index (χ2v) is 20.0. The second-order valence-electron chi connectivity index (χ2n) is 20.0. The molecule has 0 heterocycles. The van der Waals surface area contributed by atoms with Crippen molar-refractivity contribution in [3.8, 4) is 22.3 Å². The fourth-order valence-electron chi connectivity index (χ4n) is 12.4. The molecule has 0 radical (unpaired) electrons. The van der Waals surface area contributed by atoms with Gasteiger partial charge in [0.1, 0.15) is 0 Å². The number of para-hydroxylation sites is 4. The predicted molar refractivity (Wildman–Crippen MR) is 309 cm³/mol. The van der Waals surface area contributed by atoms with Crippen LogP contribution in [0.4, 0.5) is 34.1 Å². The van der Waals surface area contributed by atoms with E-state index < -0.39 is 5.41 Å². The van der Waals surface area contributed by atoms with Crippen molar-refractivity contribution in [2.45, 2.75) is 37.0 Å². The van der Waals surface area contributed by atoms with Crippen LogP contribution < -0.4 is 9.80 Å². The lowest BCUT2D eigenvalue weighted by Crippen LogP contribution is -2.36. The van der Waals surface area contributed by atoms with Gasteiger partial charge in [-0.2, -0.15) is 0 Å². The number of fused-ring (bicyclic) bond motifs is 5. The second kappa shape index (κ2) is 19.2. The van der Waals surface area contributed by atoms with E-state index in [2.05, 4.69) is 302 Å². The first-order valence-electron chi connectivity index (χ1n) is 26.1. The lowest BCUT2D eigenvalue weighted by Gasteiger charge is -2.42. The lowest BCUT2D eigenvalue weighted by molar-refractivity contribution is 0.568. The maximum Gasteiger partial charge on any atom is 0.0707 e. The molecule has 2 aliphatic rings. The van der Waals surface area contributed by atoms with Crippen molar-refractivity contribution in [3.05, 3.63) is 335 Å². The van der Waals surface area contributed by atoms with Gasteiger partial charge in [-0.25, -0.2) is 0 Å². The Morgan fingerprint density at radius 2 is 0.784 bits per heavy atom. The Morgan fingerprint density at radius 3 is 1.32 bits per heavy atom. The van der Waals surface area contributed by atoms with Gasteiger partial charge in [0, 0.05) is 34.1 Å². The topological polar surface area (TPSA) is 6.48 Å². The molecule has 11 aromatic rings. The van der Waals surface area contributed by atoms with Crippen molar-refractivity contribution < 1.29 is 0 Å². The van der Waals surface area contributed by atoms with Gasteiger partial charge >= 0.3 is 0 Å². The van der Waals surface area contributed by atoms with E-state index in [1.54, 1.807) is 0 Å². The summed E-state index contributed by atoms with van der Waals surface area (Å²) in [5.41, 5.74) is 23.5. The molecule has 2 aliphatic carbocycles. The van der Waals surface area contributed by atoms with Gasteiger partial charge in [-0.15, -0.1) is 0 Å². The minimum atomic E-state index is -0.455. The number of benzene rings is 11. The zero-order valence-electron chi connectivity index (χ0n) is 41.6. The number of anilines is 6. The largest absolute Gasteiger partial charge is 0.310 e. The summed E-state index contributed by atoms with van der Waals surface area (Å²) >= 11 is 0. The van der Waals surface area contributed by atoms with E-state index in [0.29, 0.717) is 0 Å². The van der Waals surface area contributed by atoms with Crippen molar-refractivity contribution in [1.82, 2.24) is 0 Å². The molecule has 0 amide bonds. The first kappa shape index (κ1) is 44.9. The molecule has 1 unspecified atom stereocenters. The predicted octanol–water partition coefficient (Wildman–Crippen LogP) is 18.7. The summed E-state index contributed by atoms with van der Waals surface area (Å²) in [7, 11) is 0. The van der Waals surface area contributed by atoms with E-state index in [-0.39, 0.29) is 11.8 Å². The fourth-order valence-corrected chi connectivity index (χ4v) is 12.4. The van der Waals surface area contributed by atoms with Gasteiger partial charge in [-0.05, 0) is 176 Å². The molecule has 0 aromatic heterocycles. The molecular formula is C72H56N2. The Bertz CT molecular complexity index is 3610. The van der Waals surface area contributed by atoms with Crippen LogP contribution in [0.5, 0.6) is 0 Å². The molecule has 2 atom stereocenters. The highest BCUT2D eigenvalue weighted by Gasteiger charge is 2.44. The monoisotopic (exact) mass is 948 g/mol. The molecule has 13 rings (SSSR count). The van der Waals surface area contributed by atoms with Gasteiger partial charge in [0.2, 0.25) is 0 Å². The van der Waals surface area contributed by atoms with Crippen LogP contribution in [0.15, 0.2) is 285 Å². The standard InChI is InChI=1S/C72H56N2/c1-51(52-36-38-53(39-37-52)54-40-41-57-46-56-22-20-21-35-70(56)72(71(57)48-54,58-23-8-2-9-24-58)59-25-10-3-11-26-59)67-47-55-42-43-64(73(60-27-12-4-13-28-60)61-29-14-5-15-30-61)49-68(55)69-50-65(44-45-66(67)69)74(62-31-16-6-17-32-62)63-33-18-7-19-34-63/h2-45,48-51,67H,46-47H2,1H3/t51?,67-/m1/s1. The van der Waals surface area contributed by atoms with Crippen LogP contribution in [-0.4, -0.2) is 0 Å². The van der Waals surface area contributed by atoms with Crippen LogP contribution in [0.2, 0.25) is 0 Å². The SMILES string of the molecule is CC(c1ccc(-c2ccc3c(c2)C(c2ccccc2)(c2ccccc2)c2ccccc2C3)cc1)[C@H]1Cc2ccc(N(c3ccccc3)c3ccccc3)cc2-c2cc(N(c3ccccc3)c3ccccc3)ccc21. The van der Waals surface area contributed by atoms with E-state index in [9.17, 15) is 0 Å². The van der Waals surface area contributed by atoms with E-state index >= 15 is 0 Å². The molecule has 2 heteroatoms. The third-order valence-corrected chi connectivity index (χ3v) is 15.9. The number of hydrogen-bond donors (Lipinski definition) is 0. The molecule has 0 aliphatic heterocycles. The molecule has 0 fully saturated rings. The summed E-state index contributed by atoms with van der Waals surface area (Å²) < 4.78 is 0. The molecule has 0 N–H and O–H groups in total. The van der Waals surface area contributed by atoms with E-state index in [4.69, 9.17) is 0 Å². The van der Waals surface area contributed by atoms with Crippen LogP contribution in [0.1, 0.15) is 68.8 Å². The third kappa shape index (κ3) is 7.91. The Labute approximate surface area is 436 Å². The zero-order chi connectivity index (χ0) is 49.4. The molecule has 11 aromatic carbocycles. The van der Waals surface area contributed by atoms with Gasteiger partial charge in [0.05, 0.1) is 5.41 Å². The smallest absolute Gasteiger partial charge is 0.0707 e. The Kier molecular flexibility index (Phi) is 11.7. The number of rotatable bonds is 11. The van der Waals surface area contributed by atoms with Crippen LogP contribution in [0.3, 0.4) is 0 Å². The van der Waals surface area contributed by atoms with Crippen molar-refractivity contribution in [1.29, 1.82) is 0 Å². The van der Waals surface area contributed by atoms with Crippen molar-refractivity contribution in [3.63, 3.8) is 0 Å². The molecule has 0 bridgehead atoms. The normalized spacial score (nSPS) is 14.4. The average Bonchev–Trinajstić information content (AvgIpc) is 3.49. The van der Waals surface area contributed by atoms with Crippen molar-refractivity contribution in [2.75, 3.05) is 9.80 Å². The highest BCUT2D eigenvalue weighted by Crippen LogP contribution is 2.53. The minimum absolute atomic E-state index is 0.245. The fraction of sp³-hybridized carbons (Fsp3) is 0.0833. The van der Waals surface area contributed by atoms with Crippen molar-refractivity contribution >= 4 is 34.1 Å². The zero-order valence-corrected chi connectivity index (χ0v) is 41.6. The number of hydrogen-bond acceptors (Lipinski definition) is 2. The molecule has 0 saturated heterocycles. The van der Waals surface area contributed by atoms with Crippen molar-refractivity contribution in [2.24, 2.45) is 0 Å². The van der Waals surface area contributed by atoms with E-state index in [1.165, 1.54) is 72.3 Å². The van der Waals surface area contributed by atoms with Gasteiger partial charge in [-0.1, -0.05) is 213 Å².